The standard InChI is InChI=1S/C27H19Cl2N5O2/c1-15-14-31-25-17(8-3-12-21(25)32-26(35)22-18(28)9-4-10-19(22)29)23(15)34-27(36)33-20-11-2-6-16-7-5-13-30-24(16)20/h2-14H,1H3,(H,32,35)(H2,31,33,34,36). The minimum absolute atomic E-state index is 0.173. The third-order valence-electron chi connectivity index (χ3n) is 5.64. The van der Waals surface area contributed by atoms with Gasteiger partial charge in [0.05, 0.1) is 43.7 Å². The quantitative estimate of drug-likeness (QED) is 0.234. The highest BCUT2D eigenvalue weighted by Crippen LogP contribution is 2.32. The van der Waals surface area contributed by atoms with Crippen molar-refractivity contribution in [2.45, 2.75) is 6.92 Å². The molecule has 0 saturated carbocycles. The molecule has 0 aliphatic heterocycles. The van der Waals surface area contributed by atoms with Crippen LogP contribution in [0.2, 0.25) is 10.0 Å². The number of nitrogens with zero attached hydrogens (tertiary/aromatic N) is 2. The lowest BCUT2D eigenvalue weighted by Crippen LogP contribution is -2.20. The van der Waals surface area contributed by atoms with E-state index in [0.717, 1.165) is 10.9 Å². The molecule has 0 fully saturated rings. The fourth-order valence-corrected chi connectivity index (χ4v) is 4.53. The molecule has 5 rings (SSSR count). The first kappa shape index (κ1) is 23.5. The predicted molar refractivity (Wildman–Crippen MR) is 145 cm³/mol. The molecule has 178 valence electrons. The number of rotatable bonds is 4. The van der Waals surface area contributed by atoms with E-state index in [1.807, 2.05) is 37.3 Å². The number of aromatic nitrogens is 2. The van der Waals surface area contributed by atoms with Crippen molar-refractivity contribution in [3.8, 4) is 0 Å². The Bertz CT molecular complexity index is 1630. The number of nitrogens with one attached hydrogen (secondary N) is 3. The van der Waals surface area contributed by atoms with Crippen LogP contribution in [0.4, 0.5) is 21.9 Å². The Kier molecular flexibility index (Phi) is 6.41. The zero-order valence-corrected chi connectivity index (χ0v) is 20.5. The van der Waals surface area contributed by atoms with Crippen LogP contribution in [0.5, 0.6) is 0 Å². The highest BCUT2D eigenvalue weighted by atomic mass is 35.5. The topological polar surface area (TPSA) is 96.0 Å². The fourth-order valence-electron chi connectivity index (χ4n) is 3.96. The molecule has 0 saturated heterocycles. The van der Waals surface area contributed by atoms with Gasteiger partial charge in [-0.3, -0.25) is 14.8 Å². The largest absolute Gasteiger partial charge is 0.323 e. The van der Waals surface area contributed by atoms with Gasteiger partial charge >= 0.3 is 6.03 Å². The summed E-state index contributed by atoms with van der Waals surface area (Å²) in [5, 5.41) is 10.7. The van der Waals surface area contributed by atoms with E-state index in [9.17, 15) is 9.59 Å². The van der Waals surface area contributed by atoms with E-state index in [0.29, 0.717) is 33.5 Å². The van der Waals surface area contributed by atoms with E-state index in [4.69, 9.17) is 23.2 Å². The number of halogens is 2. The Labute approximate surface area is 216 Å². The van der Waals surface area contributed by atoms with Crippen LogP contribution in [-0.2, 0) is 0 Å². The Morgan fingerprint density at radius 1 is 0.750 bits per heavy atom. The summed E-state index contributed by atoms with van der Waals surface area (Å²) < 4.78 is 0. The summed E-state index contributed by atoms with van der Waals surface area (Å²) in [6, 6.07) is 19.1. The van der Waals surface area contributed by atoms with Crippen LogP contribution < -0.4 is 16.0 Å². The molecule has 0 atom stereocenters. The summed E-state index contributed by atoms with van der Waals surface area (Å²) in [7, 11) is 0. The minimum Gasteiger partial charge on any atom is -0.320 e. The number of urea groups is 1. The van der Waals surface area contributed by atoms with Crippen LogP contribution in [0.25, 0.3) is 21.8 Å². The SMILES string of the molecule is Cc1cnc2c(NC(=O)c3c(Cl)cccc3Cl)cccc2c1NC(=O)Nc1cccc2cccnc12. The average Bonchev–Trinajstić information content (AvgIpc) is 2.86. The lowest BCUT2D eigenvalue weighted by atomic mass is 10.1. The molecule has 9 heteroatoms. The molecule has 7 nitrogen and oxygen atoms in total. The van der Waals surface area contributed by atoms with Gasteiger partial charge in [0, 0.05) is 23.2 Å². The number of amides is 3. The second-order valence-electron chi connectivity index (χ2n) is 8.03. The zero-order chi connectivity index (χ0) is 25.2. The molecule has 0 spiro atoms. The zero-order valence-electron chi connectivity index (χ0n) is 19.0. The molecule has 3 N–H and O–H groups in total. The van der Waals surface area contributed by atoms with Gasteiger partial charge in [-0.05, 0) is 42.8 Å². The van der Waals surface area contributed by atoms with Crippen molar-refractivity contribution in [1.29, 1.82) is 0 Å². The Morgan fingerprint density at radius 2 is 1.42 bits per heavy atom. The molecule has 0 aliphatic carbocycles. The first-order valence-corrected chi connectivity index (χ1v) is 11.7. The van der Waals surface area contributed by atoms with Crippen molar-refractivity contribution < 1.29 is 9.59 Å². The molecule has 36 heavy (non-hydrogen) atoms. The average molecular weight is 516 g/mol. The number of para-hydroxylation sites is 2. The summed E-state index contributed by atoms with van der Waals surface area (Å²) in [6.07, 6.45) is 3.31. The van der Waals surface area contributed by atoms with Gasteiger partial charge in [-0.2, -0.15) is 0 Å². The summed E-state index contributed by atoms with van der Waals surface area (Å²) in [5.74, 6) is -0.462. The van der Waals surface area contributed by atoms with E-state index in [1.165, 1.54) is 0 Å². The molecule has 2 heterocycles. The van der Waals surface area contributed by atoms with Crippen molar-refractivity contribution >= 4 is 74.0 Å². The lowest BCUT2D eigenvalue weighted by Gasteiger charge is -2.15. The summed E-state index contributed by atoms with van der Waals surface area (Å²) in [5.41, 5.74) is 3.73. The second-order valence-corrected chi connectivity index (χ2v) is 8.84. The van der Waals surface area contributed by atoms with E-state index in [1.54, 1.807) is 48.8 Å². The highest BCUT2D eigenvalue weighted by Gasteiger charge is 2.18. The van der Waals surface area contributed by atoms with Crippen LogP contribution >= 0.6 is 23.2 Å². The van der Waals surface area contributed by atoms with Crippen molar-refractivity contribution in [3.63, 3.8) is 0 Å². The van der Waals surface area contributed by atoms with Crippen LogP contribution in [0.1, 0.15) is 15.9 Å². The number of carbonyl (C=O) groups is 2. The number of hydrogen-bond acceptors (Lipinski definition) is 4. The third-order valence-corrected chi connectivity index (χ3v) is 6.27. The van der Waals surface area contributed by atoms with E-state index >= 15 is 0 Å². The molecule has 3 amide bonds. The molecule has 2 aromatic heterocycles. The van der Waals surface area contributed by atoms with Crippen LogP contribution in [0.3, 0.4) is 0 Å². The number of fused-ring (bicyclic) bond motifs is 2. The van der Waals surface area contributed by atoms with Gasteiger partial charge in [-0.25, -0.2) is 4.79 Å². The first-order chi connectivity index (χ1) is 17.4. The summed E-state index contributed by atoms with van der Waals surface area (Å²) >= 11 is 12.4. The van der Waals surface area contributed by atoms with E-state index in [2.05, 4.69) is 25.9 Å². The number of aryl methyl sites for hydroxylation is 1. The molecular formula is C27H19Cl2N5O2. The molecule has 0 aliphatic rings. The van der Waals surface area contributed by atoms with Crippen LogP contribution in [0, 0.1) is 6.92 Å². The maximum absolute atomic E-state index is 13.0. The normalized spacial score (nSPS) is 10.9. The van der Waals surface area contributed by atoms with Crippen molar-refractivity contribution in [2.24, 2.45) is 0 Å². The highest BCUT2D eigenvalue weighted by molar-refractivity contribution is 6.40. The number of carbonyl (C=O) groups excluding carboxylic acids is 2. The summed E-state index contributed by atoms with van der Waals surface area (Å²) in [4.78, 5) is 34.8. The van der Waals surface area contributed by atoms with Crippen molar-refractivity contribution in [1.82, 2.24) is 9.97 Å². The predicted octanol–water partition coefficient (Wildman–Crippen LogP) is 7.29. The number of hydrogen-bond donors (Lipinski definition) is 3. The number of benzene rings is 3. The van der Waals surface area contributed by atoms with Gasteiger partial charge in [-0.15, -0.1) is 0 Å². The van der Waals surface area contributed by atoms with E-state index in [-0.39, 0.29) is 15.6 Å². The van der Waals surface area contributed by atoms with E-state index < -0.39 is 11.9 Å². The Hall–Kier alpha value is -4.20. The van der Waals surface area contributed by atoms with Gasteiger partial charge in [0.25, 0.3) is 5.91 Å². The fraction of sp³-hybridized carbons (Fsp3) is 0.0370. The molecule has 5 aromatic rings. The smallest absolute Gasteiger partial charge is 0.320 e. The number of anilines is 3. The Morgan fingerprint density at radius 3 is 2.19 bits per heavy atom. The minimum atomic E-state index is -0.462. The van der Waals surface area contributed by atoms with Crippen molar-refractivity contribution in [3.05, 3.63) is 100 Å². The molecule has 0 bridgehead atoms. The molecule has 0 unspecified atom stereocenters. The van der Waals surface area contributed by atoms with Crippen LogP contribution in [-0.4, -0.2) is 21.9 Å². The van der Waals surface area contributed by atoms with Gasteiger partial charge in [0.2, 0.25) is 0 Å². The maximum atomic E-state index is 13.0. The van der Waals surface area contributed by atoms with Gasteiger partial charge in [0.1, 0.15) is 0 Å². The number of pyridine rings is 2. The Balaban J connectivity index is 1.45. The van der Waals surface area contributed by atoms with Crippen molar-refractivity contribution in [2.75, 3.05) is 16.0 Å². The maximum Gasteiger partial charge on any atom is 0.323 e. The molecule has 3 aromatic carbocycles. The summed E-state index contributed by atoms with van der Waals surface area (Å²) in [6.45, 7) is 1.84. The second kappa shape index (κ2) is 9.81. The van der Waals surface area contributed by atoms with Crippen LogP contribution in [0.15, 0.2) is 79.1 Å². The first-order valence-electron chi connectivity index (χ1n) is 11.0. The monoisotopic (exact) mass is 515 g/mol. The van der Waals surface area contributed by atoms with Gasteiger partial charge < -0.3 is 16.0 Å². The third kappa shape index (κ3) is 4.54. The molecule has 0 radical (unpaired) electrons. The van der Waals surface area contributed by atoms with Gasteiger partial charge in [0.15, 0.2) is 0 Å². The molecular weight excluding hydrogens is 497 g/mol. The lowest BCUT2D eigenvalue weighted by molar-refractivity contribution is 0.102. The van der Waals surface area contributed by atoms with Gasteiger partial charge in [-0.1, -0.05) is 59.6 Å².